The molecule has 0 fully saturated rings. The topological polar surface area (TPSA) is 48.4 Å². The maximum atomic E-state index is 6.09. The van der Waals surface area contributed by atoms with E-state index in [-0.39, 0.29) is 6.04 Å². The van der Waals surface area contributed by atoms with E-state index in [1.807, 2.05) is 23.6 Å². The summed E-state index contributed by atoms with van der Waals surface area (Å²) in [4.78, 5) is 0. The Morgan fingerprint density at radius 1 is 1.56 bits per heavy atom. The van der Waals surface area contributed by atoms with Crippen LogP contribution >= 0.6 is 27.3 Å². The van der Waals surface area contributed by atoms with Crippen molar-refractivity contribution in [2.24, 2.45) is 5.73 Å². The van der Waals surface area contributed by atoms with Gasteiger partial charge in [0.1, 0.15) is 18.1 Å². The Kier molecular flexibility index (Phi) is 3.81. The van der Waals surface area contributed by atoms with Gasteiger partial charge >= 0.3 is 0 Å². The summed E-state index contributed by atoms with van der Waals surface area (Å²) in [5.74, 6) is 1.56. The van der Waals surface area contributed by atoms with Crippen LogP contribution in [-0.4, -0.2) is 7.11 Å². The molecule has 0 radical (unpaired) electrons. The minimum Gasteiger partial charge on any atom is -0.462 e. The predicted molar refractivity (Wildman–Crippen MR) is 67.5 cm³/mol. The lowest BCUT2D eigenvalue weighted by Gasteiger charge is -2.05. The number of thiophene rings is 1. The Balaban J connectivity index is 2.17. The maximum Gasteiger partial charge on any atom is 0.129 e. The lowest BCUT2D eigenvalue weighted by atomic mass is 10.1. The standard InChI is InChI=1S/C11H12BrNO2S/c1-14-5-8-2-3-9(15-8)11(13)7-4-10(12)16-6-7/h2-4,6,11H,5,13H2,1H3. The van der Waals surface area contributed by atoms with Crippen LogP contribution in [0.2, 0.25) is 0 Å². The van der Waals surface area contributed by atoms with Gasteiger partial charge in [0.15, 0.2) is 0 Å². The molecule has 2 aromatic heterocycles. The molecule has 0 saturated heterocycles. The van der Waals surface area contributed by atoms with Gasteiger partial charge in [0, 0.05) is 7.11 Å². The molecule has 5 heteroatoms. The van der Waals surface area contributed by atoms with Gasteiger partial charge in [0.2, 0.25) is 0 Å². The third-order valence-corrected chi connectivity index (χ3v) is 3.75. The molecular formula is C11H12BrNO2S. The highest BCUT2D eigenvalue weighted by molar-refractivity contribution is 9.11. The zero-order valence-electron chi connectivity index (χ0n) is 8.77. The molecule has 0 aliphatic heterocycles. The van der Waals surface area contributed by atoms with Crippen molar-refractivity contribution in [3.05, 3.63) is 44.4 Å². The fraction of sp³-hybridized carbons (Fsp3) is 0.273. The number of furan rings is 1. The van der Waals surface area contributed by atoms with Crippen molar-refractivity contribution in [1.82, 2.24) is 0 Å². The second-order valence-electron chi connectivity index (χ2n) is 3.40. The van der Waals surface area contributed by atoms with Crippen LogP contribution in [0.4, 0.5) is 0 Å². The van der Waals surface area contributed by atoms with Crippen LogP contribution < -0.4 is 5.73 Å². The van der Waals surface area contributed by atoms with E-state index < -0.39 is 0 Å². The average molecular weight is 302 g/mol. The van der Waals surface area contributed by atoms with Crippen molar-refractivity contribution in [1.29, 1.82) is 0 Å². The molecule has 0 aromatic carbocycles. The zero-order chi connectivity index (χ0) is 11.5. The molecule has 86 valence electrons. The smallest absolute Gasteiger partial charge is 0.129 e. The van der Waals surface area contributed by atoms with E-state index in [1.54, 1.807) is 18.4 Å². The summed E-state index contributed by atoms with van der Waals surface area (Å²) in [5.41, 5.74) is 7.14. The number of methoxy groups -OCH3 is 1. The van der Waals surface area contributed by atoms with Crippen LogP contribution in [0, 0.1) is 0 Å². The van der Waals surface area contributed by atoms with Crippen molar-refractivity contribution < 1.29 is 9.15 Å². The van der Waals surface area contributed by atoms with Crippen LogP contribution in [0.15, 0.2) is 31.8 Å². The van der Waals surface area contributed by atoms with Gasteiger partial charge in [-0.1, -0.05) is 0 Å². The minimum absolute atomic E-state index is 0.215. The first kappa shape index (κ1) is 11.9. The Morgan fingerprint density at radius 3 is 3.00 bits per heavy atom. The number of hydrogen-bond acceptors (Lipinski definition) is 4. The Morgan fingerprint density at radius 2 is 2.38 bits per heavy atom. The first-order valence-electron chi connectivity index (χ1n) is 4.77. The highest BCUT2D eigenvalue weighted by Crippen LogP contribution is 2.28. The van der Waals surface area contributed by atoms with Crippen LogP contribution in [0.3, 0.4) is 0 Å². The number of rotatable bonds is 4. The van der Waals surface area contributed by atoms with Gasteiger partial charge in [0.25, 0.3) is 0 Å². The molecule has 2 rings (SSSR count). The Hall–Kier alpha value is -0.620. The third kappa shape index (κ3) is 2.55. The van der Waals surface area contributed by atoms with Gasteiger partial charge in [-0.05, 0) is 45.1 Å². The molecule has 2 N–H and O–H groups in total. The first-order valence-corrected chi connectivity index (χ1v) is 6.45. The quantitative estimate of drug-likeness (QED) is 0.942. The van der Waals surface area contributed by atoms with Crippen molar-refractivity contribution in [2.75, 3.05) is 7.11 Å². The van der Waals surface area contributed by atoms with Crippen molar-refractivity contribution in [2.45, 2.75) is 12.6 Å². The van der Waals surface area contributed by atoms with E-state index in [1.165, 1.54) is 0 Å². The summed E-state index contributed by atoms with van der Waals surface area (Å²) in [6, 6.07) is 5.58. The van der Waals surface area contributed by atoms with E-state index in [2.05, 4.69) is 15.9 Å². The highest BCUT2D eigenvalue weighted by atomic mass is 79.9. The lowest BCUT2D eigenvalue weighted by Crippen LogP contribution is -2.09. The summed E-state index contributed by atoms with van der Waals surface area (Å²) < 4.78 is 11.7. The summed E-state index contributed by atoms with van der Waals surface area (Å²) in [6.45, 7) is 0.472. The van der Waals surface area contributed by atoms with Gasteiger partial charge in [-0.25, -0.2) is 0 Å². The monoisotopic (exact) mass is 301 g/mol. The van der Waals surface area contributed by atoms with E-state index in [4.69, 9.17) is 14.9 Å². The normalized spacial score (nSPS) is 12.9. The first-order chi connectivity index (χ1) is 7.70. The second-order valence-corrected chi connectivity index (χ2v) is 5.69. The second kappa shape index (κ2) is 5.14. The van der Waals surface area contributed by atoms with Gasteiger partial charge in [0.05, 0.1) is 9.83 Å². The SMILES string of the molecule is COCc1ccc(C(N)c2csc(Br)c2)o1. The number of hydrogen-bond donors (Lipinski definition) is 1. The number of ether oxygens (including phenoxy) is 1. The maximum absolute atomic E-state index is 6.09. The summed E-state index contributed by atoms with van der Waals surface area (Å²) >= 11 is 5.03. The molecule has 16 heavy (non-hydrogen) atoms. The van der Waals surface area contributed by atoms with Crippen LogP contribution in [0.5, 0.6) is 0 Å². The van der Waals surface area contributed by atoms with Gasteiger partial charge < -0.3 is 14.9 Å². The van der Waals surface area contributed by atoms with E-state index in [9.17, 15) is 0 Å². The molecule has 2 aromatic rings. The van der Waals surface area contributed by atoms with Gasteiger partial charge in [-0.3, -0.25) is 0 Å². The molecule has 1 unspecified atom stereocenters. The van der Waals surface area contributed by atoms with Crippen molar-refractivity contribution in [3.8, 4) is 0 Å². The van der Waals surface area contributed by atoms with Crippen LogP contribution in [-0.2, 0) is 11.3 Å². The fourth-order valence-corrected chi connectivity index (χ4v) is 2.64. The molecule has 0 saturated carbocycles. The van der Waals surface area contributed by atoms with Crippen molar-refractivity contribution >= 4 is 27.3 Å². The highest BCUT2D eigenvalue weighted by Gasteiger charge is 2.14. The average Bonchev–Trinajstić information content (AvgIpc) is 2.87. The molecule has 0 amide bonds. The van der Waals surface area contributed by atoms with Crippen LogP contribution in [0.1, 0.15) is 23.1 Å². The number of nitrogens with two attached hydrogens (primary N) is 1. The molecule has 2 heterocycles. The molecule has 0 aliphatic carbocycles. The molecular weight excluding hydrogens is 290 g/mol. The van der Waals surface area contributed by atoms with E-state index >= 15 is 0 Å². The number of halogens is 1. The summed E-state index contributed by atoms with van der Waals surface area (Å²) in [5, 5.41) is 2.02. The Bertz CT molecular complexity index is 466. The Labute approximate surface area is 106 Å². The fourth-order valence-electron chi connectivity index (χ4n) is 1.43. The van der Waals surface area contributed by atoms with E-state index in [0.717, 1.165) is 20.9 Å². The molecule has 0 aliphatic rings. The minimum atomic E-state index is -0.215. The largest absolute Gasteiger partial charge is 0.462 e. The molecule has 1 atom stereocenters. The molecule has 0 bridgehead atoms. The van der Waals surface area contributed by atoms with Gasteiger partial charge in [-0.2, -0.15) is 0 Å². The summed E-state index contributed by atoms with van der Waals surface area (Å²) in [7, 11) is 1.64. The molecule has 0 spiro atoms. The molecule has 3 nitrogen and oxygen atoms in total. The zero-order valence-corrected chi connectivity index (χ0v) is 11.2. The summed E-state index contributed by atoms with van der Waals surface area (Å²) in [6.07, 6.45) is 0. The lowest BCUT2D eigenvalue weighted by molar-refractivity contribution is 0.162. The van der Waals surface area contributed by atoms with Gasteiger partial charge in [-0.15, -0.1) is 11.3 Å². The van der Waals surface area contributed by atoms with Crippen molar-refractivity contribution in [3.63, 3.8) is 0 Å². The van der Waals surface area contributed by atoms with E-state index in [0.29, 0.717) is 6.61 Å². The predicted octanol–water partition coefficient (Wildman–Crippen LogP) is 3.30. The third-order valence-electron chi connectivity index (χ3n) is 2.22. The van der Waals surface area contributed by atoms with Crippen LogP contribution in [0.25, 0.3) is 0 Å².